The van der Waals surface area contributed by atoms with E-state index in [4.69, 9.17) is 9.47 Å². The van der Waals surface area contributed by atoms with E-state index in [0.29, 0.717) is 17.1 Å². The second kappa shape index (κ2) is 4.49. The Labute approximate surface area is 133 Å². The molecule has 23 heavy (non-hydrogen) atoms. The molecule has 2 N–H and O–H groups in total. The largest absolute Gasteiger partial charge is 0.454 e. The molecule has 4 aliphatic rings. The Balaban J connectivity index is 1.70. The number of nitrogens with one attached hydrogen (secondary N) is 1. The zero-order valence-electron chi connectivity index (χ0n) is 12.8. The minimum absolute atomic E-state index is 0.0275. The molecule has 1 amide bonds. The van der Waals surface area contributed by atoms with Crippen molar-refractivity contribution in [1.29, 1.82) is 0 Å². The lowest BCUT2D eigenvalue weighted by atomic mass is 9.71. The Kier molecular flexibility index (Phi) is 2.61. The van der Waals surface area contributed by atoms with E-state index in [1.54, 1.807) is 6.07 Å². The number of likely N-dealkylation sites (N-methyl/N-ethyl adjacent to an activating group) is 1. The number of benzene rings is 1. The molecule has 5 rings (SSSR count). The van der Waals surface area contributed by atoms with Crippen molar-refractivity contribution < 1.29 is 19.4 Å². The van der Waals surface area contributed by atoms with Gasteiger partial charge in [0.05, 0.1) is 12.1 Å². The van der Waals surface area contributed by atoms with Gasteiger partial charge in [0.15, 0.2) is 11.5 Å². The fraction of sp³-hybridized carbons (Fsp3) is 0.471. The molecule has 3 heterocycles. The van der Waals surface area contributed by atoms with Crippen LogP contribution in [0.15, 0.2) is 23.8 Å². The molecule has 6 heteroatoms. The van der Waals surface area contributed by atoms with Gasteiger partial charge in [-0.25, -0.2) is 0 Å². The van der Waals surface area contributed by atoms with Crippen molar-refractivity contribution in [3.05, 3.63) is 34.9 Å². The van der Waals surface area contributed by atoms with E-state index < -0.39 is 6.10 Å². The number of rotatable bonds is 0. The molecule has 0 spiro atoms. The topological polar surface area (TPSA) is 71.0 Å². The van der Waals surface area contributed by atoms with Gasteiger partial charge < -0.3 is 19.9 Å². The van der Waals surface area contributed by atoms with Crippen LogP contribution in [0.25, 0.3) is 0 Å². The van der Waals surface area contributed by atoms with Gasteiger partial charge in [0.1, 0.15) is 0 Å². The molecule has 1 aliphatic carbocycles. The van der Waals surface area contributed by atoms with E-state index in [0.717, 1.165) is 18.5 Å². The first-order valence-corrected chi connectivity index (χ1v) is 7.97. The number of carbonyl (C=O) groups is 1. The highest BCUT2D eigenvalue weighted by Gasteiger charge is 2.49. The lowest BCUT2D eigenvalue weighted by molar-refractivity contribution is 0.0764. The summed E-state index contributed by atoms with van der Waals surface area (Å²) < 4.78 is 10.9. The summed E-state index contributed by atoms with van der Waals surface area (Å²) >= 11 is 0. The first-order valence-electron chi connectivity index (χ1n) is 7.97. The molecule has 120 valence electrons. The summed E-state index contributed by atoms with van der Waals surface area (Å²) in [5.41, 5.74) is 2.84. The molecule has 0 saturated carbocycles. The Hall–Kier alpha value is -2.05. The van der Waals surface area contributed by atoms with Crippen molar-refractivity contribution >= 4 is 5.91 Å². The highest BCUT2D eigenvalue weighted by atomic mass is 16.7. The number of fused-ring (bicyclic) bond motifs is 6. The fourth-order valence-electron chi connectivity index (χ4n) is 4.49. The molecule has 1 aromatic carbocycles. The number of aliphatic hydroxyl groups excluding tert-OH is 1. The second-order valence-electron chi connectivity index (χ2n) is 6.73. The number of amides is 1. The van der Waals surface area contributed by atoms with Gasteiger partial charge in [-0.15, -0.1) is 0 Å². The van der Waals surface area contributed by atoms with Gasteiger partial charge in [0, 0.05) is 24.1 Å². The SMILES string of the molecule is CN1CCC2=C[C@H](O)[C@H]3NC(=O)c4cc5c(cc4[C@H]3[C@@H]21)OCO5. The number of aliphatic hydroxyl groups is 1. The van der Waals surface area contributed by atoms with Crippen LogP contribution in [0, 0.1) is 0 Å². The van der Waals surface area contributed by atoms with Crippen LogP contribution in [0.5, 0.6) is 11.5 Å². The van der Waals surface area contributed by atoms with Crippen LogP contribution in [0.4, 0.5) is 0 Å². The molecule has 0 aromatic heterocycles. The molecular weight excluding hydrogens is 296 g/mol. The zero-order valence-corrected chi connectivity index (χ0v) is 12.8. The van der Waals surface area contributed by atoms with Crippen LogP contribution in [0.2, 0.25) is 0 Å². The smallest absolute Gasteiger partial charge is 0.252 e. The van der Waals surface area contributed by atoms with Crippen molar-refractivity contribution in [3.63, 3.8) is 0 Å². The molecule has 3 aliphatic heterocycles. The van der Waals surface area contributed by atoms with Gasteiger partial charge in [-0.2, -0.15) is 0 Å². The van der Waals surface area contributed by atoms with E-state index in [-0.39, 0.29) is 30.7 Å². The predicted octanol–water partition coefficient (Wildman–Crippen LogP) is 0.616. The first kappa shape index (κ1) is 13.4. The minimum atomic E-state index is -0.653. The third kappa shape index (κ3) is 1.73. The quantitative estimate of drug-likeness (QED) is 0.687. The Morgan fingerprint density at radius 1 is 1.30 bits per heavy atom. The van der Waals surface area contributed by atoms with Gasteiger partial charge in [-0.3, -0.25) is 9.69 Å². The molecule has 0 unspecified atom stereocenters. The molecular formula is C17H18N2O4. The normalized spacial score (nSPS) is 34.3. The van der Waals surface area contributed by atoms with Crippen molar-refractivity contribution in [2.24, 2.45) is 0 Å². The third-order valence-corrected chi connectivity index (χ3v) is 5.53. The molecule has 0 radical (unpaired) electrons. The number of hydrogen-bond acceptors (Lipinski definition) is 5. The van der Waals surface area contributed by atoms with Crippen LogP contribution < -0.4 is 14.8 Å². The minimum Gasteiger partial charge on any atom is -0.454 e. The van der Waals surface area contributed by atoms with Gasteiger partial charge >= 0.3 is 0 Å². The standard InChI is InChI=1S/C17H18N2O4/c1-19-3-2-8-4-11(20)15-14(16(8)19)9-5-12-13(23-7-22-12)6-10(9)17(21)18-15/h4-6,11,14-16,20H,2-3,7H2,1H3,(H,18,21)/t11-,14+,15+,16+/m0/s1. The summed E-state index contributed by atoms with van der Waals surface area (Å²) in [6, 6.07) is 3.60. The second-order valence-corrected chi connectivity index (χ2v) is 6.73. The maximum atomic E-state index is 12.5. The van der Waals surface area contributed by atoms with E-state index >= 15 is 0 Å². The third-order valence-electron chi connectivity index (χ3n) is 5.53. The van der Waals surface area contributed by atoms with Crippen LogP contribution >= 0.6 is 0 Å². The first-order chi connectivity index (χ1) is 11.1. The average Bonchev–Trinajstić information content (AvgIpc) is 3.13. The fourth-order valence-corrected chi connectivity index (χ4v) is 4.49. The molecule has 1 aromatic rings. The summed E-state index contributed by atoms with van der Waals surface area (Å²) in [5, 5.41) is 13.5. The summed E-state index contributed by atoms with van der Waals surface area (Å²) in [5.74, 6) is 1.17. The lowest BCUT2D eigenvalue weighted by Gasteiger charge is -2.44. The number of carbonyl (C=O) groups excluding carboxylic acids is 1. The van der Waals surface area contributed by atoms with Crippen LogP contribution in [-0.2, 0) is 0 Å². The molecule has 4 atom stereocenters. The summed E-state index contributed by atoms with van der Waals surface area (Å²) in [6.45, 7) is 1.16. The summed E-state index contributed by atoms with van der Waals surface area (Å²) in [4.78, 5) is 14.8. The van der Waals surface area contributed by atoms with Gasteiger partial charge in [0.25, 0.3) is 5.91 Å². The van der Waals surface area contributed by atoms with Crippen LogP contribution in [0.1, 0.15) is 28.3 Å². The molecule has 6 nitrogen and oxygen atoms in total. The average molecular weight is 314 g/mol. The number of nitrogens with zero attached hydrogens (tertiary/aromatic N) is 1. The molecule has 1 saturated heterocycles. The molecule has 1 fully saturated rings. The Morgan fingerprint density at radius 2 is 2.09 bits per heavy atom. The number of hydrogen-bond donors (Lipinski definition) is 2. The molecule has 0 bridgehead atoms. The van der Waals surface area contributed by atoms with Gasteiger partial charge in [-0.1, -0.05) is 11.6 Å². The van der Waals surface area contributed by atoms with E-state index in [1.165, 1.54) is 5.57 Å². The van der Waals surface area contributed by atoms with Crippen molar-refractivity contribution in [1.82, 2.24) is 10.2 Å². The van der Waals surface area contributed by atoms with Crippen molar-refractivity contribution in [2.45, 2.75) is 30.5 Å². The van der Waals surface area contributed by atoms with Gasteiger partial charge in [-0.05, 0) is 31.2 Å². The van der Waals surface area contributed by atoms with E-state index in [9.17, 15) is 9.90 Å². The number of likely N-dealkylation sites (tertiary alicyclic amines) is 1. The number of ether oxygens (including phenoxy) is 2. The van der Waals surface area contributed by atoms with E-state index in [1.807, 2.05) is 12.1 Å². The van der Waals surface area contributed by atoms with E-state index in [2.05, 4.69) is 17.3 Å². The Bertz CT molecular complexity index is 744. The van der Waals surface area contributed by atoms with Crippen LogP contribution in [-0.4, -0.2) is 54.5 Å². The summed E-state index contributed by atoms with van der Waals surface area (Å²) in [7, 11) is 2.10. The zero-order chi connectivity index (χ0) is 15.7. The van der Waals surface area contributed by atoms with Gasteiger partial charge in [0.2, 0.25) is 6.79 Å². The maximum absolute atomic E-state index is 12.5. The monoisotopic (exact) mass is 314 g/mol. The lowest BCUT2D eigenvalue weighted by Crippen LogP contribution is -2.57. The van der Waals surface area contributed by atoms with Crippen LogP contribution in [0.3, 0.4) is 0 Å². The summed E-state index contributed by atoms with van der Waals surface area (Å²) in [6.07, 6.45) is 2.24. The Morgan fingerprint density at radius 3 is 2.91 bits per heavy atom. The highest BCUT2D eigenvalue weighted by molar-refractivity contribution is 5.98. The predicted molar refractivity (Wildman–Crippen MR) is 81.7 cm³/mol. The van der Waals surface area contributed by atoms with Crippen molar-refractivity contribution in [3.8, 4) is 11.5 Å². The highest BCUT2D eigenvalue weighted by Crippen LogP contribution is 2.47. The maximum Gasteiger partial charge on any atom is 0.252 e. The van der Waals surface area contributed by atoms with Crippen molar-refractivity contribution in [2.75, 3.05) is 20.4 Å².